The van der Waals surface area contributed by atoms with Crippen LogP contribution < -0.4 is 5.32 Å². The maximum Gasteiger partial charge on any atom is 0.283 e. The van der Waals surface area contributed by atoms with E-state index in [4.69, 9.17) is 0 Å². The quantitative estimate of drug-likeness (QED) is 0.641. The molecule has 0 aliphatic rings. The lowest BCUT2D eigenvalue weighted by molar-refractivity contribution is -0.385. The Balaban J connectivity index is 2.11. The van der Waals surface area contributed by atoms with Gasteiger partial charge >= 0.3 is 0 Å². The van der Waals surface area contributed by atoms with Crippen LogP contribution in [0.4, 0.5) is 10.1 Å². The van der Waals surface area contributed by atoms with Gasteiger partial charge in [-0.05, 0) is 38.7 Å². The Labute approximate surface area is 143 Å². The lowest BCUT2D eigenvalue weighted by Gasteiger charge is -2.25. The van der Waals surface area contributed by atoms with Crippen LogP contribution in [0.5, 0.6) is 0 Å². The number of carbonyl (C=O) groups excluding carboxylic acids is 1. The fourth-order valence-corrected chi connectivity index (χ4v) is 3.26. The fourth-order valence-electron chi connectivity index (χ4n) is 2.35. The zero-order chi connectivity index (χ0) is 17.9. The molecule has 0 fully saturated rings. The number of hydrogen-bond acceptors (Lipinski definition) is 5. The minimum Gasteiger partial charge on any atom is -0.349 e. The van der Waals surface area contributed by atoms with Gasteiger partial charge in [-0.1, -0.05) is 12.1 Å². The van der Waals surface area contributed by atoms with Crippen LogP contribution in [0.2, 0.25) is 0 Å². The largest absolute Gasteiger partial charge is 0.349 e. The molecule has 6 nitrogen and oxygen atoms in total. The van der Waals surface area contributed by atoms with Crippen LogP contribution in [0.25, 0.3) is 0 Å². The van der Waals surface area contributed by atoms with Crippen molar-refractivity contribution in [1.82, 2.24) is 10.2 Å². The lowest BCUT2D eigenvalue weighted by Crippen LogP contribution is -2.34. The Hall–Kier alpha value is -2.32. The molecule has 0 radical (unpaired) electrons. The van der Waals surface area contributed by atoms with Crippen LogP contribution >= 0.6 is 11.3 Å². The van der Waals surface area contributed by atoms with E-state index in [1.165, 1.54) is 18.2 Å². The molecule has 128 valence electrons. The van der Waals surface area contributed by atoms with Crippen LogP contribution in [0.1, 0.15) is 26.2 Å². The molecule has 0 spiro atoms. The molecule has 0 saturated heterocycles. The monoisotopic (exact) mass is 351 g/mol. The van der Waals surface area contributed by atoms with Gasteiger partial charge in [0.15, 0.2) is 0 Å². The highest BCUT2D eigenvalue weighted by molar-refractivity contribution is 7.14. The van der Waals surface area contributed by atoms with E-state index in [-0.39, 0.29) is 34.9 Å². The number of carbonyl (C=O) groups is 1. The van der Waals surface area contributed by atoms with Crippen molar-refractivity contribution < 1.29 is 14.1 Å². The van der Waals surface area contributed by atoms with Gasteiger partial charge in [0.25, 0.3) is 11.6 Å². The van der Waals surface area contributed by atoms with Crippen LogP contribution in [0.3, 0.4) is 0 Å². The van der Waals surface area contributed by atoms with E-state index in [0.29, 0.717) is 4.88 Å². The van der Waals surface area contributed by atoms with Gasteiger partial charge in [0, 0.05) is 12.6 Å². The summed E-state index contributed by atoms with van der Waals surface area (Å²) in [6, 6.07) is 7.27. The maximum absolute atomic E-state index is 13.4. The third-order valence-corrected chi connectivity index (χ3v) is 4.66. The molecule has 1 aromatic heterocycles. The van der Waals surface area contributed by atoms with E-state index >= 15 is 0 Å². The molecule has 1 unspecified atom stereocenters. The molecule has 0 saturated carbocycles. The van der Waals surface area contributed by atoms with Crippen LogP contribution in [0, 0.1) is 22.9 Å². The Morgan fingerprint density at radius 3 is 2.67 bits per heavy atom. The summed E-state index contributed by atoms with van der Waals surface area (Å²) in [6.45, 7) is 1.87. The van der Waals surface area contributed by atoms with Crippen LogP contribution in [-0.2, 0) is 0 Å². The van der Waals surface area contributed by atoms with Gasteiger partial charge < -0.3 is 10.2 Å². The topological polar surface area (TPSA) is 75.5 Å². The number of likely N-dealkylation sites (N-methyl/N-ethyl adjacent to an activating group) is 1. The van der Waals surface area contributed by atoms with Gasteiger partial charge in [-0.2, -0.15) is 0 Å². The molecule has 0 bridgehead atoms. The van der Waals surface area contributed by atoms with Crippen LogP contribution in [-0.4, -0.2) is 36.4 Å². The van der Waals surface area contributed by atoms with E-state index in [1.54, 1.807) is 19.1 Å². The highest BCUT2D eigenvalue weighted by Crippen LogP contribution is 2.28. The number of hydrogen-bond donors (Lipinski definition) is 1. The minimum absolute atomic E-state index is 0.0561. The first-order valence-electron chi connectivity index (χ1n) is 7.24. The molecule has 1 N–H and O–H groups in total. The summed E-state index contributed by atoms with van der Waals surface area (Å²) in [7, 11) is 3.67. The normalized spacial score (nSPS) is 12.2. The van der Waals surface area contributed by atoms with Crippen molar-refractivity contribution in [2.45, 2.75) is 13.0 Å². The van der Waals surface area contributed by atoms with E-state index in [9.17, 15) is 19.3 Å². The summed E-state index contributed by atoms with van der Waals surface area (Å²) in [4.78, 5) is 25.3. The van der Waals surface area contributed by atoms with Crippen LogP contribution in [0.15, 0.2) is 30.3 Å². The molecule has 0 aliphatic heterocycles. The number of aryl methyl sites for hydroxylation is 1. The van der Waals surface area contributed by atoms with Crippen molar-refractivity contribution in [1.29, 1.82) is 0 Å². The predicted octanol–water partition coefficient (Wildman–Crippen LogP) is 3.14. The Morgan fingerprint density at radius 2 is 2.12 bits per heavy atom. The number of thiophene rings is 1. The molecule has 1 amide bonds. The van der Waals surface area contributed by atoms with E-state index in [0.717, 1.165) is 16.9 Å². The van der Waals surface area contributed by atoms with E-state index < -0.39 is 4.92 Å². The van der Waals surface area contributed by atoms with Gasteiger partial charge in [-0.3, -0.25) is 14.9 Å². The minimum atomic E-state index is -0.502. The molecular weight excluding hydrogens is 333 g/mol. The molecule has 8 heteroatoms. The maximum atomic E-state index is 13.4. The van der Waals surface area contributed by atoms with E-state index in [1.807, 2.05) is 19.0 Å². The first kappa shape index (κ1) is 18.0. The third-order valence-electron chi connectivity index (χ3n) is 3.62. The standard InChI is InChI=1S/C16H18FN3O3S/c1-10-13(20(22)23)8-15(24-10)16(21)18-9-14(19(2)3)11-5-4-6-12(17)7-11/h4-8,14H,9H2,1-3H3,(H,18,21). The number of nitro groups is 1. The number of halogens is 1. The van der Waals surface area contributed by atoms with Crippen molar-refractivity contribution in [3.05, 3.63) is 61.6 Å². The van der Waals surface area contributed by atoms with Crippen molar-refractivity contribution in [2.24, 2.45) is 0 Å². The van der Waals surface area contributed by atoms with Crippen molar-refractivity contribution in [2.75, 3.05) is 20.6 Å². The second-order valence-electron chi connectivity index (χ2n) is 5.55. The Bertz CT molecular complexity index is 761. The van der Waals surface area contributed by atoms with Crippen molar-refractivity contribution in [3.8, 4) is 0 Å². The average molecular weight is 351 g/mol. The third kappa shape index (κ3) is 4.15. The Kier molecular flexibility index (Phi) is 5.63. The highest BCUT2D eigenvalue weighted by Gasteiger charge is 2.21. The second kappa shape index (κ2) is 7.50. The van der Waals surface area contributed by atoms with Gasteiger partial charge in [0.1, 0.15) is 5.82 Å². The molecule has 1 atom stereocenters. The first-order chi connectivity index (χ1) is 11.3. The highest BCUT2D eigenvalue weighted by atomic mass is 32.1. The van der Waals surface area contributed by atoms with Gasteiger partial charge in [-0.15, -0.1) is 11.3 Å². The molecule has 24 heavy (non-hydrogen) atoms. The summed E-state index contributed by atoms with van der Waals surface area (Å²) in [5, 5.41) is 13.6. The predicted molar refractivity (Wildman–Crippen MR) is 90.9 cm³/mol. The zero-order valence-corrected chi connectivity index (χ0v) is 14.4. The molecule has 2 aromatic rings. The molecule has 1 aromatic carbocycles. The smallest absolute Gasteiger partial charge is 0.283 e. The summed E-state index contributed by atoms with van der Waals surface area (Å²) in [6.07, 6.45) is 0. The number of nitrogens with zero attached hydrogens (tertiary/aromatic N) is 2. The summed E-state index contributed by atoms with van der Waals surface area (Å²) in [5.74, 6) is -0.713. The van der Waals surface area contributed by atoms with Gasteiger partial charge in [0.05, 0.1) is 20.7 Å². The number of amides is 1. The average Bonchev–Trinajstić information content (AvgIpc) is 2.89. The van der Waals surface area contributed by atoms with Gasteiger partial charge in [0.2, 0.25) is 0 Å². The fraction of sp³-hybridized carbons (Fsp3) is 0.312. The number of nitrogens with one attached hydrogen (secondary N) is 1. The van der Waals surface area contributed by atoms with Gasteiger partial charge in [-0.25, -0.2) is 4.39 Å². The number of benzene rings is 1. The van der Waals surface area contributed by atoms with E-state index in [2.05, 4.69) is 5.32 Å². The van der Waals surface area contributed by atoms with Crippen molar-refractivity contribution >= 4 is 22.9 Å². The second-order valence-corrected chi connectivity index (χ2v) is 6.81. The summed E-state index contributed by atoms with van der Waals surface area (Å²) < 4.78 is 13.4. The SMILES string of the molecule is Cc1sc(C(=O)NCC(c2cccc(F)c2)N(C)C)cc1[N+](=O)[O-]. The zero-order valence-electron chi connectivity index (χ0n) is 13.6. The Morgan fingerprint density at radius 1 is 1.42 bits per heavy atom. The molecule has 2 rings (SSSR count). The first-order valence-corrected chi connectivity index (χ1v) is 8.06. The summed E-state index contributed by atoms with van der Waals surface area (Å²) >= 11 is 1.08. The molecular formula is C16H18FN3O3S. The molecule has 1 heterocycles. The lowest BCUT2D eigenvalue weighted by atomic mass is 10.1. The number of rotatable bonds is 6. The molecule has 0 aliphatic carbocycles. The van der Waals surface area contributed by atoms with Crippen molar-refractivity contribution in [3.63, 3.8) is 0 Å². The summed E-state index contributed by atoms with van der Waals surface area (Å²) in [5.41, 5.74) is 0.688.